The lowest BCUT2D eigenvalue weighted by molar-refractivity contribution is -0.325. The van der Waals surface area contributed by atoms with Gasteiger partial charge >= 0.3 is 6.10 Å². The second kappa shape index (κ2) is 12.3. The van der Waals surface area contributed by atoms with Gasteiger partial charge in [0.15, 0.2) is 5.75 Å². The number of hydrogen-bond donors (Lipinski definition) is 8. The summed E-state index contributed by atoms with van der Waals surface area (Å²) in [5, 5.41) is 47.0. The fourth-order valence-electron chi connectivity index (χ4n) is 3.42. The smallest absolute Gasteiger partial charge is 0.369 e. The molecule has 3 amide bonds. The average molecular weight is 543 g/mol. The van der Waals surface area contributed by atoms with Crippen LogP contribution in [0.25, 0.3) is 11.3 Å². The molecule has 0 atom stereocenters. The zero-order chi connectivity index (χ0) is 28.7. The normalized spacial score (nSPS) is 14.0. The molecule has 39 heavy (non-hydrogen) atoms. The third-order valence-corrected chi connectivity index (χ3v) is 5.36. The number of hydrogen-bond acceptors (Lipinski definition) is 10. The number of nitrogens with two attached hydrogens (primary N) is 1. The minimum absolute atomic E-state index is 0.156. The molecule has 1 fully saturated rings. The number of nitrogens with zero attached hydrogens (tertiary/aromatic N) is 3. The van der Waals surface area contributed by atoms with Crippen molar-refractivity contribution in [3.8, 4) is 17.0 Å². The maximum Gasteiger partial charge on any atom is 0.369 e. The summed E-state index contributed by atoms with van der Waals surface area (Å²) in [5.41, 5.74) is 6.04. The summed E-state index contributed by atoms with van der Waals surface area (Å²) in [6.45, 7) is 2.23. The Morgan fingerprint density at radius 3 is 2.62 bits per heavy atom. The fraction of sp³-hybridized carbons (Fsp3) is 0.333. The Balaban J connectivity index is 1.93. The molecule has 0 unspecified atom stereocenters. The number of aliphatic imine (C=N–C) groups is 1. The van der Waals surface area contributed by atoms with Crippen LogP contribution in [0.15, 0.2) is 47.2 Å². The first kappa shape index (κ1) is 29.0. The number of methoxy groups -OCH3 is 1. The third kappa shape index (κ3) is 8.46. The Morgan fingerprint density at radius 1 is 1.28 bits per heavy atom. The molecule has 15 nitrogen and oxygen atoms in total. The van der Waals surface area contributed by atoms with Crippen LogP contribution >= 0.6 is 0 Å². The van der Waals surface area contributed by atoms with Crippen molar-refractivity contribution >= 4 is 35.0 Å². The summed E-state index contributed by atoms with van der Waals surface area (Å²) >= 11 is 0. The van der Waals surface area contributed by atoms with E-state index in [1.165, 1.54) is 19.4 Å². The molecule has 208 valence electrons. The maximum absolute atomic E-state index is 12.4. The van der Waals surface area contributed by atoms with Crippen molar-refractivity contribution in [3.05, 3.63) is 42.2 Å². The second-order valence-electron chi connectivity index (χ2n) is 8.63. The number of amides is 3. The van der Waals surface area contributed by atoms with Crippen molar-refractivity contribution in [3.63, 3.8) is 0 Å². The van der Waals surface area contributed by atoms with Crippen LogP contribution in [0.3, 0.4) is 0 Å². The first-order valence-electron chi connectivity index (χ1n) is 11.8. The molecule has 9 N–H and O–H groups in total. The van der Waals surface area contributed by atoms with Crippen molar-refractivity contribution in [2.75, 3.05) is 19.0 Å². The van der Waals surface area contributed by atoms with E-state index in [1.807, 2.05) is 0 Å². The van der Waals surface area contributed by atoms with Crippen LogP contribution in [0.1, 0.15) is 19.8 Å². The molecule has 0 radical (unpaired) electrons. The second-order valence-corrected chi connectivity index (χ2v) is 8.63. The van der Waals surface area contributed by atoms with E-state index in [2.05, 4.69) is 20.7 Å². The molecule has 3 rings (SSSR count). The van der Waals surface area contributed by atoms with E-state index >= 15 is 0 Å². The van der Waals surface area contributed by atoms with E-state index in [0.29, 0.717) is 37.2 Å². The molecular formula is C24H30N8O7. The van der Waals surface area contributed by atoms with Crippen LogP contribution in [0.4, 0.5) is 5.69 Å². The molecule has 0 spiro atoms. The van der Waals surface area contributed by atoms with Gasteiger partial charge < -0.3 is 36.4 Å². The minimum atomic E-state index is -3.58. The Labute approximate surface area is 222 Å². The van der Waals surface area contributed by atoms with Gasteiger partial charge in [0.2, 0.25) is 5.91 Å². The standard InChI is InChI=1S/C24H30N8O7/c1-13(33)27-9-11-32-10-8-16(31-32)15-4-3-5-17(21(15)39-2)28-18(20(26)23(35)30-24(36,37)38)12-19(25)29-22(34)14-6-7-14/h3-5,8,10,12,14,26,28,36-38H,6-7,9,11H2,1-2H3,(H,27,33)(H,30,35)(H2,25,29,34)/b18-12+,26-20?. The molecular weight excluding hydrogens is 512 g/mol. The Bertz CT molecular complexity index is 1320. The average Bonchev–Trinajstić information content (AvgIpc) is 3.60. The van der Waals surface area contributed by atoms with Crippen molar-refractivity contribution in [1.29, 1.82) is 5.41 Å². The number of benzene rings is 1. The highest BCUT2D eigenvalue weighted by Gasteiger charge is 2.30. The third-order valence-electron chi connectivity index (χ3n) is 5.36. The molecule has 1 saturated carbocycles. The predicted octanol–water partition coefficient (Wildman–Crippen LogP) is -0.991. The molecule has 1 aromatic carbocycles. The number of aromatic nitrogens is 2. The number of nitrogens with one attached hydrogen (secondary N) is 4. The first-order chi connectivity index (χ1) is 18.4. The summed E-state index contributed by atoms with van der Waals surface area (Å²) < 4.78 is 7.22. The lowest BCUT2D eigenvalue weighted by Gasteiger charge is -2.19. The van der Waals surface area contributed by atoms with Crippen LogP contribution in [0.5, 0.6) is 5.75 Å². The van der Waals surface area contributed by atoms with Gasteiger partial charge in [0, 0.05) is 37.2 Å². The van der Waals surface area contributed by atoms with Gasteiger partial charge in [-0.2, -0.15) is 10.1 Å². The quantitative estimate of drug-likeness (QED) is 0.0925. The minimum Gasteiger partial charge on any atom is -0.494 e. The zero-order valence-electron chi connectivity index (χ0n) is 21.3. The monoisotopic (exact) mass is 542 g/mol. The molecule has 1 aliphatic carbocycles. The topological polar surface area (TPSA) is 237 Å². The molecule has 0 saturated heterocycles. The van der Waals surface area contributed by atoms with Gasteiger partial charge in [-0.05, 0) is 31.0 Å². The molecule has 1 aromatic heterocycles. The van der Waals surface area contributed by atoms with E-state index in [-0.39, 0.29) is 34.8 Å². The van der Waals surface area contributed by atoms with Crippen LogP contribution in [0, 0.1) is 11.3 Å². The highest BCUT2D eigenvalue weighted by atomic mass is 16.7. The number of ether oxygens (including phenoxy) is 1. The van der Waals surface area contributed by atoms with E-state index in [9.17, 15) is 14.4 Å². The molecule has 15 heteroatoms. The van der Waals surface area contributed by atoms with Crippen molar-refractivity contribution in [2.45, 2.75) is 32.4 Å². The van der Waals surface area contributed by atoms with Gasteiger partial charge in [0.05, 0.1) is 30.7 Å². The van der Waals surface area contributed by atoms with Gasteiger partial charge in [-0.25, -0.2) is 0 Å². The number of carbonyl (C=O) groups excluding carboxylic acids is 3. The summed E-state index contributed by atoms with van der Waals surface area (Å²) in [6.07, 6.45) is 0.592. The van der Waals surface area contributed by atoms with Crippen molar-refractivity contribution < 1.29 is 34.4 Å². The lowest BCUT2D eigenvalue weighted by Crippen LogP contribution is -2.51. The molecule has 2 aromatic rings. The Hall–Kier alpha value is -4.60. The molecule has 1 aliphatic rings. The van der Waals surface area contributed by atoms with Gasteiger partial charge in [0.25, 0.3) is 11.8 Å². The van der Waals surface area contributed by atoms with E-state index in [4.69, 9.17) is 31.2 Å². The van der Waals surface area contributed by atoms with Crippen LogP contribution in [-0.2, 0) is 20.9 Å². The van der Waals surface area contributed by atoms with Crippen molar-refractivity contribution in [2.24, 2.45) is 16.6 Å². The van der Waals surface area contributed by atoms with Crippen molar-refractivity contribution in [1.82, 2.24) is 20.4 Å². The van der Waals surface area contributed by atoms with Gasteiger partial charge in [0.1, 0.15) is 11.5 Å². The van der Waals surface area contributed by atoms with E-state index in [0.717, 1.165) is 6.08 Å². The Kier molecular flexibility index (Phi) is 9.13. The van der Waals surface area contributed by atoms with E-state index < -0.39 is 23.6 Å². The highest BCUT2D eigenvalue weighted by Crippen LogP contribution is 2.36. The molecule has 0 aliphatic heterocycles. The van der Waals surface area contributed by atoms with Gasteiger partial charge in [-0.3, -0.25) is 29.8 Å². The van der Waals surface area contributed by atoms with Crippen LogP contribution < -0.4 is 26.4 Å². The fourth-order valence-corrected chi connectivity index (χ4v) is 3.42. The lowest BCUT2D eigenvalue weighted by atomic mass is 10.1. The molecule has 1 heterocycles. The molecule has 0 bridgehead atoms. The van der Waals surface area contributed by atoms with Crippen LogP contribution in [0.2, 0.25) is 0 Å². The largest absolute Gasteiger partial charge is 0.494 e. The SMILES string of the molecule is COc1c(N/C(=C/C(N)=NC(=O)C2CC2)C(=N)C(=O)NC(O)(O)O)cccc1-c1ccn(CCNC(C)=O)n1. The number of anilines is 1. The van der Waals surface area contributed by atoms with Crippen LogP contribution in [-0.4, -0.2) is 74.1 Å². The van der Waals surface area contributed by atoms with Gasteiger partial charge in [-0.15, -0.1) is 0 Å². The summed E-state index contributed by atoms with van der Waals surface area (Å²) in [4.78, 5) is 39.3. The first-order valence-corrected chi connectivity index (χ1v) is 11.8. The van der Waals surface area contributed by atoms with E-state index in [1.54, 1.807) is 35.1 Å². The summed E-state index contributed by atoms with van der Waals surface area (Å²) in [7, 11) is 1.40. The zero-order valence-corrected chi connectivity index (χ0v) is 21.3. The summed E-state index contributed by atoms with van der Waals surface area (Å²) in [6, 6.07) is 6.70. The number of para-hydroxylation sites is 1. The highest BCUT2D eigenvalue weighted by molar-refractivity contribution is 6.45. The Morgan fingerprint density at radius 2 is 2.00 bits per heavy atom. The maximum atomic E-state index is 12.4. The van der Waals surface area contributed by atoms with Gasteiger partial charge in [-0.1, -0.05) is 6.07 Å². The predicted molar refractivity (Wildman–Crippen MR) is 139 cm³/mol. The number of aliphatic hydroxyl groups is 3. The number of carbonyl (C=O) groups is 3. The number of rotatable bonds is 12. The number of amidine groups is 1. The summed E-state index contributed by atoms with van der Waals surface area (Å²) in [5.74, 6) is -2.22.